The summed E-state index contributed by atoms with van der Waals surface area (Å²) >= 11 is 5.73. The zero-order valence-electron chi connectivity index (χ0n) is 13.2. The van der Waals surface area contributed by atoms with Crippen molar-refractivity contribution in [2.75, 3.05) is 18.9 Å². The van der Waals surface area contributed by atoms with E-state index in [0.29, 0.717) is 16.4 Å². The van der Waals surface area contributed by atoms with Gasteiger partial charge >= 0.3 is 0 Å². The van der Waals surface area contributed by atoms with Gasteiger partial charge in [-0.1, -0.05) is 11.6 Å². The lowest BCUT2D eigenvalue weighted by molar-refractivity contribution is 0.552. The van der Waals surface area contributed by atoms with Crippen molar-refractivity contribution in [2.45, 2.75) is 13.8 Å². The van der Waals surface area contributed by atoms with Crippen LogP contribution in [0.4, 0.5) is 25.8 Å². The van der Waals surface area contributed by atoms with Crippen LogP contribution in [0.15, 0.2) is 35.3 Å². The van der Waals surface area contributed by atoms with Crippen LogP contribution >= 0.6 is 11.6 Å². The van der Waals surface area contributed by atoms with Crippen molar-refractivity contribution < 1.29 is 8.78 Å². The Kier molecular flexibility index (Phi) is 5.55. The molecule has 0 unspecified atom stereocenters. The molecule has 2 rings (SSSR count). The van der Waals surface area contributed by atoms with Crippen LogP contribution in [-0.2, 0) is 0 Å². The Morgan fingerprint density at radius 3 is 2.61 bits per heavy atom. The van der Waals surface area contributed by atoms with Crippen molar-refractivity contribution in [3.05, 3.63) is 52.6 Å². The molecule has 0 aliphatic carbocycles. The molecule has 0 saturated heterocycles. The minimum Gasteiger partial charge on any atom is -0.366 e. The third-order valence-corrected chi connectivity index (χ3v) is 3.67. The highest BCUT2D eigenvalue weighted by Gasteiger charge is 2.10. The fraction of sp³-hybridized carbons (Fsp3) is 0.235. The van der Waals surface area contributed by atoms with E-state index in [9.17, 15) is 8.78 Å². The maximum Gasteiger partial charge on any atom is 0.148 e. The summed E-state index contributed by atoms with van der Waals surface area (Å²) in [6, 6.07) is 6.94. The lowest BCUT2D eigenvalue weighted by atomic mass is 10.1. The number of anilines is 2. The average Bonchev–Trinajstić information content (AvgIpc) is 2.51. The molecule has 0 aromatic heterocycles. The lowest BCUT2D eigenvalue weighted by Crippen LogP contribution is -2.14. The molecular weight excluding hydrogens is 320 g/mol. The zero-order chi connectivity index (χ0) is 17.0. The Labute approximate surface area is 139 Å². The average molecular weight is 338 g/mol. The summed E-state index contributed by atoms with van der Waals surface area (Å²) in [6.45, 7) is 4.58. The molecule has 3 nitrogen and oxygen atoms in total. The van der Waals surface area contributed by atoms with Crippen LogP contribution in [0.25, 0.3) is 0 Å². The summed E-state index contributed by atoms with van der Waals surface area (Å²) < 4.78 is 27.7. The van der Waals surface area contributed by atoms with E-state index in [4.69, 9.17) is 11.6 Å². The van der Waals surface area contributed by atoms with Crippen molar-refractivity contribution in [1.82, 2.24) is 4.90 Å². The number of hydrogen-bond acceptors (Lipinski definition) is 2. The quantitative estimate of drug-likeness (QED) is 0.593. The molecule has 122 valence electrons. The fourth-order valence-electron chi connectivity index (χ4n) is 1.91. The maximum atomic E-state index is 13.9. The second-order valence-electron chi connectivity index (χ2n) is 5.16. The highest BCUT2D eigenvalue weighted by Crippen LogP contribution is 2.31. The zero-order valence-corrected chi connectivity index (χ0v) is 14.0. The predicted molar refractivity (Wildman–Crippen MR) is 92.3 cm³/mol. The molecule has 0 aliphatic rings. The van der Waals surface area contributed by atoms with Gasteiger partial charge in [-0.2, -0.15) is 0 Å². The molecule has 1 N–H and O–H groups in total. The number of rotatable bonds is 5. The summed E-state index contributed by atoms with van der Waals surface area (Å²) in [6.07, 6.45) is 1.63. The summed E-state index contributed by atoms with van der Waals surface area (Å²) in [5.74, 6) is -0.948. The highest BCUT2D eigenvalue weighted by atomic mass is 35.5. The van der Waals surface area contributed by atoms with E-state index in [1.165, 1.54) is 24.3 Å². The van der Waals surface area contributed by atoms with Crippen LogP contribution in [0, 0.1) is 18.6 Å². The van der Waals surface area contributed by atoms with E-state index in [0.717, 1.165) is 12.1 Å². The van der Waals surface area contributed by atoms with Crippen LogP contribution in [0.1, 0.15) is 12.5 Å². The van der Waals surface area contributed by atoms with E-state index in [2.05, 4.69) is 10.3 Å². The largest absolute Gasteiger partial charge is 0.366 e. The van der Waals surface area contributed by atoms with Crippen molar-refractivity contribution in [2.24, 2.45) is 4.99 Å². The number of aliphatic imine (C=N–C) groups is 1. The van der Waals surface area contributed by atoms with Gasteiger partial charge in [0.2, 0.25) is 0 Å². The molecule has 2 aromatic carbocycles. The Morgan fingerprint density at radius 1 is 1.22 bits per heavy atom. The molecule has 0 heterocycles. The van der Waals surface area contributed by atoms with Gasteiger partial charge in [0, 0.05) is 24.3 Å². The molecule has 0 saturated carbocycles. The number of halogens is 3. The molecular formula is C17H18ClF2N3. The van der Waals surface area contributed by atoms with Gasteiger partial charge < -0.3 is 10.2 Å². The van der Waals surface area contributed by atoms with Crippen LogP contribution in [0.3, 0.4) is 0 Å². The van der Waals surface area contributed by atoms with Crippen LogP contribution < -0.4 is 5.32 Å². The Bertz CT molecular complexity index is 732. The highest BCUT2D eigenvalue weighted by molar-refractivity contribution is 6.30. The predicted octanol–water partition coefficient (Wildman–Crippen LogP) is 5.28. The Morgan fingerprint density at radius 2 is 1.96 bits per heavy atom. The third kappa shape index (κ3) is 4.42. The van der Waals surface area contributed by atoms with Gasteiger partial charge in [-0.3, -0.25) is 0 Å². The van der Waals surface area contributed by atoms with Gasteiger partial charge in [-0.25, -0.2) is 13.8 Å². The van der Waals surface area contributed by atoms with Crippen LogP contribution in [0.2, 0.25) is 5.02 Å². The van der Waals surface area contributed by atoms with Gasteiger partial charge in [-0.05, 0) is 49.7 Å². The Hall–Kier alpha value is -2.14. The molecule has 0 amide bonds. The molecule has 6 heteroatoms. The Balaban J connectivity index is 2.35. The second kappa shape index (κ2) is 7.42. The molecule has 2 aromatic rings. The first-order valence-electron chi connectivity index (χ1n) is 7.17. The number of nitrogens with one attached hydrogen (secondary N) is 1. The molecule has 0 spiro atoms. The monoisotopic (exact) mass is 337 g/mol. The first-order chi connectivity index (χ1) is 10.9. The number of benzene rings is 2. The van der Waals surface area contributed by atoms with Gasteiger partial charge in [-0.15, -0.1) is 0 Å². The molecule has 0 aliphatic heterocycles. The van der Waals surface area contributed by atoms with Crippen molar-refractivity contribution >= 4 is 35.0 Å². The standard InChI is InChI=1S/C17H18ClF2N3/c1-4-23(3)10-21-16-8-13(19)9-17(11(16)2)22-15-6-5-12(18)7-14(15)20/h5-10,22H,4H2,1-3H3/b21-10-. The number of nitrogens with zero attached hydrogens (tertiary/aromatic N) is 2. The first kappa shape index (κ1) is 17.2. The van der Waals surface area contributed by atoms with Crippen molar-refractivity contribution in [3.63, 3.8) is 0 Å². The summed E-state index contributed by atoms with van der Waals surface area (Å²) in [5, 5.41) is 3.19. The SMILES string of the molecule is CCN(C)/C=N\c1cc(F)cc(Nc2ccc(Cl)cc2F)c1C. The van der Waals surface area contributed by atoms with Crippen molar-refractivity contribution in [3.8, 4) is 0 Å². The van der Waals surface area contributed by atoms with Crippen LogP contribution in [0.5, 0.6) is 0 Å². The minimum atomic E-state index is -0.503. The van der Waals surface area contributed by atoms with Gasteiger partial charge in [0.25, 0.3) is 0 Å². The smallest absolute Gasteiger partial charge is 0.148 e. The summed E-state index contributed by atoms with van der Waals surface area (Å²) in [5.41, 5.74) is 1.89. The van der Waals surface area contributed by atoms with E-state index < -0.39 is 11.6 Å². The number of hydrogen-bond donors (Lipinski definition) is 1. The van der Waals surface area contributed by atoms with Crippen LogP contribution in [-0.4, -0.2) is 24.8 Å². The van der Waals surface area contributed by atoms with E-state index in [1.54, 1.807) is 19.3 Å². The van der Waals surface area contributed by atoms with E-state index in [1.807, 2.05) is 18.9 Å². The van der Waals surface area contributed by atoms with Gasteiger partial charge in [0.15, 0.2) is 0 Å². The molecule has 0 radical (unpaired) electrons. The molecule has 0 fully saturated rings. The summed E-state index contributed by atoms with van der Waals surface area (Å²) in [7, 11) is 1.88. The third-order valence-electron chi connectivity index (χ3n) is 3.44. The normalized spacial score (nSPS) is 11.0. The second-order valence-corrected chi connectivity index (χ2v) is 5.60. The minimum absolute atomic E-state index is 0.226. The summed E-state index contributed by atoms with van der Waals surface area (Å²) in [4.78, 5) is 6.15. The van der Waals surface area contributed by atoms with Crippen molar-refractivity contribution in [1.29, 1.82) is 0 Å². The van der Waals surface area contributed by atoms with Gasteiger partial charge in [0.05, 0.1) is 17.7 Å². The lowest BCUT2D eigenvalue weighted by Gasteiger charge is -2.14. The molecule has 0 bridgehead atoms. The topological polar surface area (TPSA) is 27.6 Å². The fourth-order valence-corrected chi connectivity index (χ4v) is 2.07. The van der Waals surface area contributed by atoms with Gasteiger partial charge in [0.1, 0.15) is 11.6 Å². The molecule has 23 heavy (non-hydrogen) atoms. The molecule has 0 atom stereocenters. The first-order valence-corrected chi connectivity index (χ1v) is 7.55. The maximum absolute atomic E-state index is 13.9. The van der Waals surface area contributed by atoms with E-state index in [-0.39, 0.29) is 5.69 Å². The van der Waals surface area contributed by atoms with E-state index >= 15 is 0 Å².